The van der Waals surface area contributed by atoms with E-state index in [1.54, 1.807) is 18.2 Å². The van der Waals surface area contributed by atoms with Crippen LogP contribution in [0.15, 0.2) is 34.9 Å². The molecule has 1 aromatic heterocycles. The van der Waals surface area contributed by atoms with Gasteiger partial charge >= 0.3 is 0 Å². The number of carbonyl (C=O) groups excluding carboxylic acids is 1. The van der Waals surface area contributed by atoms with Crippen LogP contribution in [0.5, 0.6) is 0 Å². The minimum absolute atomic E-state index is 0.00685. The van der Waals surface area contributed by atoms with Gasteiger partial charge in [0.2, 0.25) is 0 Å². The molecular weight excluding hydrogens is 255 g/mol. The Labute approximate surface area is 109 Å². The van der Waals surface area contributed by atoms with Gasteiger partial charge in [0.1, 0.15) is 11.6 Å². The standard InChI is InChI=1S/C14H12ClFO2/c1-2-13-10(6-7-18-13)12(17)8-9-4-3-5-11(16)14(9)15/h3-7H,2,8H2,1H3. The highest BCUT2D eigenvalue weighted by Crippen LogP contribution is 2.22. The van der Waals surface area contributed by atoms with Crippen LogP contribution in [0.3, 0.4) is 0 Å². The molecule has 0 unspecified atom stereocenters. The van der Waals surface area contributed by atoms with Crippen LogP contribution in [0, 0.1) is 5.82 Å². The minimum atomic E-state index is -0.509. The summed E-state index contributed by atoms with van der Waals surface area (Å²) in [5, 5.41) is 0.00685. The van der Waals surface area contributed by atoms with Crippen LogP contribution in [0.2, 0.25) is 5.02 Å². The molecule has 0 saturated carbocycles. The Morgan fingerprint density at radius 2 is 2.17 bits per heavy atom. The molecule has 0 aliphatic rings. The summed E-state index contributed by atoms with van der Waals surface area (Å²) in [6.45, 7) is 1.91. The van der Waals surface area contributed by atoms with Crippen LogP contribution in [0.4, 0.5) is 4.39 Å². The quantitative estimate of drug-likeness (QED) is 0.781. The van der Waals surface area contributed by atoms with E-state index in [2.05, 4.69) is 0 Å². The zero-order chi connectivity index (χ0) is 13.1. The van der Waals surface area contributed by atoms with Gasteiger partial charge < -0.3 is 4.42 Å². The maximum absolute atomic E-state index is 13.3. The summed E-state index contributed by atoms with van der Waals surface area (Å²) in [5.41, 5.74) is 1.03. The summed E-state index contributed by atoms with van der Waals surface area (Å²) in [5.74, 6) is 0.0190. The smallest absolute Gasteiger partial charge is 0.170 e. The lowest BCUT2D eigenvalue weighted by Gasteiger charge is -2.04. The van der Waals surface area contributed by atoms with Gasteiger partial charge in [-0.15, -0.1) is 0 Å². The normalized spacial score (nSPS) is 10.6. The largest absolute Gasteiger partial charge is 0.469 e. The number of benzene rings is 1. The number of rotatable bonds is 4. The van der Waals surface area contributed by atoms with Crippen molar-refractivity contribution in [3.05, 3.63) is 58.3 Å². The van der Waals surface area contributed by atoms with Crippen molar-refractivity contribution in [2.24, 2.45) is 0 Å². The lowest BCUT2D eigenvalue weighted by atomic mass is 10.0. The molecule has 0 amide bonds. The van der Waals surface area contributed by atoms with Gasteiger partial charge in [0.15, 0.2) is 5.78 Å². The topological polar surface area (TPSA) is 30.2 Å². The summed E-state index contributed by atoms with van der Waals surface area (Å²) in [6.07, 6.45) is 2.20. The number of Topliss-reactive ketones (excluding diaryl/α,β-unsaturated/α-hetero) is 1. The molecule has 0 fully saturated rings. The Kier molecular flexibility index (Phi) is 3.82. The highest BCUT2D eigenvalue weighted by Gasteiger charge is 2.16. The van der Waals surface area contributed by atoms with E-state index in [0.717, 1.165) is 0 Å². The van der Waals surface area contributed by atoms with Crippen LogP contribution < -0.4 is 0 Å². The molecule has 0 saturated heterocycles. The van der Waals surface area contributed by atoms with Crippen LogP contribution in [-0.4, -0.2) is 5.78 Å². The first kappa shape index (κ1) is 12.8. The second-order valence-electron chi connectivity index (χ2n) is 3.92. The average molecular weight is 267 g/mol. The number of hydrogen-bond donors (Lipinski definition) is 0. The van der Waals surface area contributed by atoms with Gasteiger partial charge in [0.25, 0.3) is 0 Å². The van der Waals surface area contributed by atoms with Crippen molar-refractivity contribution >= 4 is 17.4 Å². The van der Waals surface area contributed by atoms with E-state index in [4.69, 9.17) is 16.0 Å². The molecule has 0 atom stereocenters. The predicted octanol–water partition coefficient (Wildman–Crippen LogP) is 4.06. The van der Waals surface area contributed by atoms with Crippen LogP contribution in [0.25, 0.3) is 0 Å². The SMILES string of the molecule is CCc1occc1C(=O)Cc1cccc(F)c1Cl. The van der Waals surface area contributed by atoms with Gasteiger partial charge in [-0.3, -0.25) is 4.79 Å². The number of aryl methyl sites for hydroxylation is 1. The first-order valence-corrected chi connectivity index (χ1v) is 6.03. The monoisotopic (exact) mass is 266 g/mol. The second-order valence-corrected chi connectivity index (χ2v) is 4.30. The summed E-state index contributed by atoms with van der Waals surface area (Å²) >= 11 is 5.82. The average Bonchev–Trinajstić information content (AvgIpc) is 2.83. The highest BCUT2D eigenvalue weighted by atomic mass is 35.5. The molecule has 0 spiro atoms. The van der Waals surface area contributed by atoms with Crippen molar-refractivity contribution in [2.75, 3.05) is 0 Å². The molecule has 2 rings (SSSR count). The number of carbonyl (C=O) groups is 1. The van der Waals surface area contributed by atoms with Crippen molar-refractivity contribution < 1.29 is 13.6 Å². The Morgan fingerprint density at radius 3 is 2.89 bits per heavy atom. The van der Waals surface area contributed by atoms with E-state index < -0.39 is 5.82 Å². The molecule has 2 aromatic rings. The Bertz CT molecular complexity index is 575. The molecule has 0 radical (unpaired) electrons. The molecule has 94 valence electrons. The van der Waals surface area contributed by atoms with Crippen LogP contribution in [0.1, 0.15) is 28.6 Å². The van der Waals surface area contributed by atoms with Crippen molar-refractivity contribution in [3.63, 3.8) is 0 Å². The first-order valence-electron chi connectivity index (χ1n) is 5.66. The molecule has 0 bridgehead atoms. The van der Waals surface area contributed by atoms with E-state index in [1.165, 1.54) is 12.3 Å². The number of hydrogen-bond acceptors (Lipinski definition) is 2. The first-order chi connectivity index (χ1) is 8.63. The summed E-state index contributed by atoms with van der Waals surface area (Å²) in [7, 11) is 0. The third-order valence-electron chi connectivity index (χ3n) is 2.75. The second kappa shape index (κ2) is 5.36. The Hall–Kier alpha value is -1.61. The van der Waals surface area contributed by atoms with E-state index in [0.29, 0.717) is 23.3 Å². The van der Waals surface area contributed by atoms with Crippen molar-refractivity contribution in [2.45, 2.75) is 19.8 Å². The fourth-order valence-corrected chi connectivity index (χ4v) is 2.01. The molecule has 4 heteroatoms. The zero-order valence-corrected chi connectivity index (χ0v) is 10.6. The van der Waals surface area contributed by atoms with E-state index in [9.17, 15) is 9.18 Å². The molecule has 1 heterocycles. The van der Waals surface area contributed by atoms with Gasteiger partial charge in [0, 0.05) is 12.8 Å². The predicted molar refractivity (Wildman–Crippen MR) is 67.5 cm³/mol. The van der Waals surface area contributed by atoms with E-state index >= 15 is 0 Å². The highest BCUT2D eigenvalue weighted by molar-refractivity contribution is 6.31. The molecule has 0 aliphatic heterocycles. The number of furan rings is 1. The third-order valence-corrected chi connectivity index (χ3v) is 3.17. The lowest BCUT2D eigenvalue weighted by molar-refractivity contribution is 0.0991. The summed E-state index contributed by atoms with van der Waals surface area (Å²) in [6, 6.07) is 6.09. The maximum Gasteiger partial charge on any atom is 0.170 e. The number of ketones is 1. The van der Waals surface area contributed by atoms with E-state index in [1.807, 2.05) is 6.92 Å². The van der Waals surface area contributed by atoms with Crippen molar-refractivity contribution in [1.82, 2.24) is 0 Å². The van der Waals surface area contributed by atoms with Crippen LogP contribution in [-0.2, 0) is 12.8 Å². The fraction of sp³-hybridized carbons (Fsp3) is 0.214. The molecule has 0 aliphatic carbocycles. The molecule has 2 nitrogen and oxygen atoms in total. The Balaban J connectivity index is 2.24. The number of halogens is 2. The van der Waals surface area contributed by atoms with Gasteiger partial charge in [-0.2, -0.15) is 0 Å². The zero-order valence-electron chi connectivity index (χ0n) is 9.87. The third kappa shape index (κ3) is 2.46. The van der Waals surface area contributed by atoms with E-state index in [-0.39, 0.29) is 17.2 Å². The van der Waals surface area contributed by atoms with Crippen molar-refractivity contribution in [1.29, 1.82) is 0 Å². The van der Waals surface area contributed by atoms with Gasteiger partial charge in [-0.05, 0) is 17.7 Å². The molecule has 0 N–H and O–H groups in total. The van der Waals surface area contributed by atoms with Gasteiger partial charge in [-0.25, -0.2) is 4.39 Å². The van der Waals surface area contributed by atoms with Crippen LogP contribution >= 0.6 is 11.6 Å². The maximum atomic E-state index is 13.3. The Morgan fingerprint density at radius 1 is 1.39 bits per heavy atom. The van der Waals surface area contributed by atoms with Gasteiger partial charge in [-0.1, -0.05) is 30.7 Å². The summed E-state index contributed by atoms with van der Waals surface area (Å²) in [4.78, 5) is 12.1. The summed E-state index contributed by atoms with van der Waals surface area (Å²) < 4.78 is 18.5. The molecule has 18 heavy (non-hydrogen) atoms. The van der Waals surface area contributed by atoms with Gasteiger partial charge in [0.05, 0.1) is 16.8 Å². The molecule has 1 aromatic carbocycles. The molecular formula is C14H12ClFO2. The van der Waals surface area contributed by atoms with Crippen molar-refractivity contribution in [3.8, 4) is 0 Å². The fourth-order valence-electron chi connectivity index (χ4n) is 1.82. The minimum Gasteiger partial charge on any atom is -0.469 e. The lowest BCUT2D eigenvalue weighted by Crippen LogP contribution is -2.05.